The summed E-state index contributed by atoms with van der Waals surface area (Å²) in [6.07, 6.45) is -2.01. The van der Waals surface area contributed by atoms with Crippen LogP contribution in [0.1, 0.15) is 16.6 Å². The molecule has 0 bridgehead atoms. The van der Waals surface area contributed by atoms with Gasteiger partial charge in [0.2, 0.25) is 0 Å². The van der Waals surface area contributed by atoms with E-state index in [1.807, 2.05) is 0 Å². The minimum atomic E-state index is -2.71. The molecule has 0 saturated carbocycles. The Morgan fingerprint density at radius 2 is 2.14 bits per heavy atom. The summed E-state index contributed by atoms with van der Waals surface area (Å²) in [6.45, 7) is -1.49. The zero-order valence-electron chi connectivity index (χ0n) is 11.3. The zero-order chi connectivity index (χ0) is 13.1. The maximum atomic E-state index is 9.11. The van der Waals surface area contributed by atoms with Crippen LogP contribution in [-0.4, -0.2) is 24.9 Å². The Balaban J connectivity index is 2.61. The normalized spacial score (nSPS) is 18.9. The van der Waals surface area contributed by atoms with Gasteiger partial charge >= 0.3 is 0 Å². The Morgan fingerprint density at radius 1 is 1.50 bits per heavy atom. The lowest BCUT2D eigenvalue weighted by atomic mass is 10.2. The standard InChI is InChI=1S/C11H16O3/c1-9(7-12)14-8-10-3-5-11(13-2)6-4-10/h3-6,9,12H,7-8H2,1-2H3/i7D2,9D. The highest BCUT2D eigenvalue weighted by Gasteiger charge is 2.00. The molecular weight excluding hydrogens is 180 g/mol. The summed E-state index contributed by atoms with van der Waals surface area (Å²) in [7, 11) is 1.56. The summed E-state index contributed by atoms with van der Waals surface area (Å²) in [6, 6.07) is 6.99. The molecular formula is C11H16O3. The fourth-order valence-electron chi connectivity index (χ4n) is 0.946. The van der Waals surface area contributed by atoms with Gasteiger partial charge in [0, 0.05) is 0 Å². The highest BCUT2D eigenvalue weighted by atomic mass is 16.5. The first-order valence-electron chi connectivity index (χ1n) is 5.75. The van der Waals surface area contributed by atoms with Gasteiger partial charge in [-0.1, -0.05) is 12.1 Å². The molecule has 1 aromatic carbocycles. The summed E-state index contributed by atoms with van der Waals surface area (Å²) in [5.41, 5.74) is 0.772. The summed E-state index contributed by atoms with van der Waals surface area (Å²) >= 11 is 0. The van der Waals surface area contributed by atoms with Crippen LogP contribution in [0.15, 0.2) is 24.3 Å². The van der Waals surface area contributed by atoms with Crippen molar-refractivity contribution in [3.05, 3.63) is 29.8 Å². The van der Waals surface area contributed by atoms with E-state index in [4.69, 9.17) is 18.7 Å². The van der Waals surface area contributed by atoms with Crippen molar-refractivity contribution >= 4 is 0 Å². The molecule has 3 nitrogen and oxygen atoms in total. The van der Waals surface area contributed by atoms with Crippen molar-refractivity contribution in [1.82, 2.24) is 0 Å². The van der Waals surface area contributed by atoms with E-state index in [9.17, 15) is 0 Å². The van der Waals surface area contributed by atoms with Gasteiger partial charge in [-0.15, -0.1) is 0 Å². The van der Waals surface area contributed by atoms with E-state index >= 15 is 0 Å². The van der Waals surface area contributed by atoms with Crippen molar-refractivity contribution in [3.8, 4) is 5.75 Å². The van der Waals surface area contributed by atoms with Crippen molar-refractivity contribution < 1.29 is 18.7 Å². The third-order valence-corrected chi connectivity index (χ3v) is 1.77. The third-order valence-electron chi connectivity index (χ3n) is 1.77. The van der Waals surface area contributed by atoms with E-state index in [-0.39, 0.29) is 6.61 Å². The van der Waals surface area contributed by atoms with Crippen LogP contribution in [0.2, 0.25) is 0 Å². The molecule has 0 spiro atoms. The smallest absolute Gasteiger partial charge is 0.118 e. The number of benzene rings is 1. The van der Waals surface area contributed by atoms with E-state index in [1.165, 1.54) is 6.92 Å². The number of ether oxygens (including phenoxy) is 2. The van der Waals surface area contributed by atoms with E-state index in [2.05, 4.69) is 0 Å². The second-order valence-electron chi connectivity index (χ2n) is 2.80. The number of aliphatic hydroxyl groups is 1. The van der Waals surface area contributed by atoms with Crippen LogP contribution in [0.5, 0.6) is 5.75 Å². The molecule has 0 aliphatic rings. The Labute approximate surface area is 88.5 Å². The molecule has 0 amide bonds. The summed E-state index contributed by atoms with van der Waals surface area (Å²) in [5, 5.41) is 9.11. The van der Waals surface area contributed by atoms with Gasteiger partial charge < -0.3 is 14.6 Å². The van der Waals surface area contributed by atoms with Crippen LogP contribution in [0.3, 0.4) is 0 Å². The number of hydrogen-bond acceptors (Lipinski definition) is 3. The van der Waals surface area contributed by atoms with Crippen LogP contribution >= 0.6 is 0 Å². The minimum absolute atomic E-state index is 0.0457. The Kier molecular flexibility index (Phi) is 2.92. The first kappa shape index (κ1) is 7.26. The summed E-state index contributed by atoms with van der Waals surface area (Å²) in [4.78, 5) is 0. The first-order chi connectivity index (χ1) is 7.76. The second kappa shape index (κ2) is 5.62. The van der Waals surface area contributed by atoms with Gasteiger partial charge in [-0.2, -0.15) is 0 Å². The molecule has 0 fully saturated rings. The predicted molar refractivity (Wildman–Crippen MR) is 54.3 cm³/mol. The zero-order valence-corrected chi connectivity index (χ0v) is 8.28. The largest absolute Gasteiger partial charge is 0.497 e. The average molecular weight is 199 g/mol. The topological polar surface area (TPSA) is 38.7 Å². The molecule has 1 unspecified atom stereocenters. The van der Waals surface area contributed by atoms with E-state index in [0.29, 0.717) is 5.75 Å². The second-order valence-corrected chi connectivity index (χ2v) is 2.80. The lowest BCUT2D eigenvalue weighted by Gasteiger charge is -2.09. The van der Waals surface area contributed by atoms with Crippen molar-refractivity contribution in [2.75, 3.05) is 13.7 Å². The Hall–Kier alpha value is -1.06. The van der Waals surface area contributed by atoms with Crippen molar-refractivity contribution in [2.24, 2.45) is 0 Å². The Bertz CT molecular complexity index is 357. The van der Waals surface area contributed by atoms with Gasteiger partial charge in [0.25, 0.3) is 0 Å². The highest BCUT2D eigenvalue weighted by Crippen LogP contribution is 2.12. The van der Waals surface area contributed by atoms with Gasteiger partial charge in [0.15, 0.2) is 0 Å². The molecule has 0 heterocycles. The van der Waals surface area contributed by atoms with Crippen molar-refractivity contribution in [3.63, 3.8) is 0 Å². The number of rotatable bonds is 5. The molecule has 0 saturated heterocycles. The molecule has 0 aromatic heterocycles. The SMILES string of the molecule is [2H]C([2H])(O)C([2H])(C)OCc1ccc(OC)cc1. The van der Waals surface area contributed by atoms with Gasteiger partial charge in [-0.3, -0.25) is 0 Å². The number of methoxy groups -OCH3 is 1. The molecule has 78 valence electrons. The maximum Gasteiger partial charge on any atom is 0.118 e. The maximum absolute atomic E-state index is 9.11. The molecule has 3 heteroatoms. The average Bonchev–Trinajstić information content (AvgIpc) is 2.25. The highest BCUT2D eigenvalue weighted by molar-refractivity contribution is 5.26. The van der Waals surface area contributed by atoms with Gasteiger partial charge in [0.05, 0.1) is 30.5 Å². The summed E-state index contributed by atoms with van der Waals surface area (Å²) < 4.78 is 31.7. The molecule has 1 aromatic rings. The lowest BCUT2D eigenvalue weighted by molar-refractivity contribution is 0.0144. The van der Waals surface area contributed by atoms with Crippen molar-refractivity contribution in [2.45, 2.75) is 19.6 Å². The molecule has 14 heavy (non-hydrogen) atoms. The molecule has 1 N–H and O–H groups in total. The molecule has 0 aliphatic carbocycles. The fraction of sp³-hybridized carbons (Fsp3) is 0.455. The molecule has 0 aliphatic heterocycles. The molecule has 1 atom stereocenters. The molecule has 0 radical (unpaired) electrons. The molecule has 1 rings (SSSR count). The van der Waals surface area contributed by atoms with Gasteiger partial charge in [-0.05, 0) is 24.6 Å². The monoisotopic (exact) mass is 199 g/mol. The third kappa shape index (κ3) is 3.36. The minimum Gasteiger partial charge on any atom is -0.497 e. The Morgan fingerprint density at radius 3 is 2.64 bits per heavy atom. The van der Waals surface area contributed by atoms with E-state index in [1.54, 1.807) is 31.4 Å². The first-order valence-corrected chi connectivity index (χ1v) is 4.25. The lowest BCUT2D eigenvalue weighted by Crippen LogP contribution is -2.12. The quantitative estimate of drug-likeness (QED) is 0.782. The van der Waals surface area contributed by atoms with E-state index in [0.717, 1.165) is 5.56 Å². The predicted octanol–water partition coefficient (Wildman–Crippen LogP) is 1.59. The van der Waals surface area contributed by atoms with Gasteiger partial charge in [0.1, 0.15) is 5.75 Å². The fourth-order valence-corrected chi connectivity index (χ4v) is 0.946. The van der Waals surface area contributed by atoms with Crippen molar-refractivity contribution in [1.29, 1.82) is 0 Å². The number of hydrogen-bond donors (Lipinski definition) is 1. The van der Waals surface area contributed by atoms with Gasteiger partial charge in [-0.25, -0.2) is 0 Å². The van der Waals surface area contributed by atoms with Crippen LogP contribution in [0.25, 0.3) is 0 Å². The van der Waals surface area contributed by atoms with Crippen LogP contribution < -0.4 is 4.74 Å². The summed E-state index contributed by atoms with van der Waals surface area (Å²) in [5.74, 6) is 0.708. The van der Waals surface area contributed by atoms with Crippen LogP contribution in [0, 0.1) is 0 Å². The van der Waals surface area contributed by atoms with Crippen LogP contribution in [-0.2, 0) is 11.3 Å². The van der Waals surface area contributed by atoms with E-state index < -0.39 is 12.6 Å². The van der Waals surface area contributed by atoms with Crippen LogP contribution in [0.4, 0.5) is 0 Å².